The molecule has 0 spiro atoms. The molecule has 1 amide bonds. The largest absolute Gasteiger partial charge is 0.463 e. The van der Waals surface area contributed by atoms with Gasteiger partial charge in [-0.05, 0) is 6.07 Å². The Hall–Kier alpha value is -2.19. The number of nitrogens with zero attached hydrogens (tertiary/aromatic N) is 3. The zero-order valence-corrected chi connectivity index (χ0v) is 7.56. The number of halogens is 3. The van der Waals surface area contributed by atoms with Gasteiger partial charge in [-0.1, -0.05) is 0 Å². The summed E-state index contributed by atoms with van der Waals surface area (Å²) >= 11 is 0. The van der Waals surface area contributed by atoms with Crippen LogP contribution in [0.5, 0.6) is 0 Å². The van der Waals surface area contributed by atoms with Crippen molar-refractivity contribution in [3.8, 4) is 0 Å². The van der Waals surface area contributed by atoms with Crippen LogP contribution in [-0.2, 0) is 6.18 Å². The summed E-state index contributed by atoms with van der Waals surface area (Å²) in [6.45, 7) is 0. The second-order valence-corrected chi connectivity index (χ2v) is 2.54. The molecule has 1 rings (SSSR count). The molecule has 6 nitrogen and oxygen atoms in total. The van der Waals surface area contributed by atoms with Gasteiger partial charge in [0, 0.05) is 6.20 Å². The molecular formula is C7H5F3N4O2. The lowest BCUT2D eigenvalue weighted by Gasteiger charge is -2.05. The average Bonchev–Trinajstić information content (AvgIpc) is 2.15. The van der Waals surface area contributed by atoms with Crippen LogP contribution in [-0.4, -0.2) is 27.0 Å². The van der Waals surface area contributed by atoms with Crippen molar-refractivity contribution in [3.05, 3.63) is 23.8 Å². The first-order valence-electron chi connectivity index (χ1n) is 3.78. The van der Waals surface area contributed by atoms with Gasteiger partial charge in [-0.2, -0.15) is 18.2 Å². The normalized spacial score (nSPS) is 12.6. The highest BCUT2D eigenvalue weighted by molar-refractivity contribution is 6.00. The van der Waals surface area contributed by atoms with Gasteiger partial charge in [0.05, 0.1) is 0 Å². The maximum Gasteiger partial charge on any atom is 0.451 e. The Morgan fingerprint density at radius 2 is 2.12 bits per heavy atom. The number of aliphatic imine (C=N–C) groups is 1. The molecule has 9 heteroatoms. The lowest BCUT2D eigenvalue weighted by molar-refractivity contribution is -0.145. The van der Waals surface area contributed by atoms with Crippen molar-refractivity contribution in [3.63, 3.8) is 0 Å². The molecule has 86 valence electrons. The van der Waals surface area contributed by atoms with E-state index in [1.807, 2.05) is 0 Å². The van der Waals surface area contributed by atoms with Gasteiger partial charge in [0.25, 0.3) is 0 Å². The zero-order valence-electron chi connectivity index (χ0n) is 7.56. The monoisotopic (exact) mass is 234 g/mol. The SMILES string of the molecule is NC(=NC(=O)O)c1ccnc(C(F)(F)F)n1. The van der Waals surface area contributed by atoms with E-state index < -0.39 is 29.6 Å². The molecule has 0 radical (unpaired) electrons. The molecule has 16 heavy (non-hydrogen) atoms. The molecule has 0 bridgehead atoms. The smallest absolute Gasteiger partial charge is 0.451 e. The Morgan fingerprint density at radius 1 is 1.50 bits per heavy atom. The van der Waals surface area contributed by atoms with Crippen LogP contribution < -0.4 is 5.73 Å². The highest BCUT2D eigenvalue weighted by atomic mass is 19.4. The van der Waals surface area contributed by atoms with Crippen LogP contribution in [0.25, 0.3) is 0 Å². The van der Waals surface area contributed by atoms with Crippen LogP contribution in [0.4, 0.5) is 18.0 Å². The fourth-order valence-corrected chi connectivity index (χ4v) is 0.798. The number of carboxylic acid groups (broad SMARTS) is 1. The van der Waals surface area contributed by atoms with Crippen LogP contribution in [0.3, 0.4) is 0 Å². The van der Waals surface area contributed by atoms with Crippen molar-refractivity contribution >= 4 is 11.9 Å². The number of aromatic nitrogens is 2. The summed E-state index contributed by atoms with van der Waals surface area (Å²) in [5.41, 5.74) is 4.72. The van der Waals surface area contributed by atoms with Crippen molar-refractivity contribution in [2.45, 2.75) is 6.18 Å². The lowest BCUT2D eigenvalue weighted by atomic mass is 10.3. The van der Waals surface area contributed by atoms with Crippen LogP contribution in [0, 0.1) is 0 Å². The number of hydrogen-bond acceptors (Lipinski definition) is 3. The molecule has 1 aromatic heterocycles. The number of amides is 1. The summed E-state index contributed by atoms with van der Waals surface area (Å²) in [7, 11) is 0. The minimum absolute atomic E-state index is 0.398. The van der Waals surface area contributed by atoms with Crippen molar-refractivity contribution in [2.24, 2.45) is 10.7 Å². The van der Waals surface area contributed by atoms with Crippen LogP contribution >= 0.6 is 0 Å². The van der Waals surface area contributed by atoms with Gasteiger partial charge in [-0.25, -0.2) is 14.8 Å². The van der Waals surface area contributed by atoms with E-state index in [2.05, 4.69) is 15.0 Å². The van der Waals surface area contributed by atoms with Gasteiger partial charge >= 0.3 is 12.3 Å². The molecule has 0 fully saturated rings. The second kappa shape index (κ2) is 4.13. The van der Waals surface area contributed by atoms with Gasteiger partial charge in [0.1, 0.15) is 5.69 Å². The molecule has 1 aromatic rings. The first-order valence-corrected chi connectivity index (χ1v) is 3.78. The summed E-state index contributed by atoms with van der Waals surface area (Å²) < 4.78 is 36.5. The van der Waals surface area contributed by atoms with Crippen molar-refractivity contribution < 1.29 is 23.1 Å². The highest BCUT2D eigenvalue weighted by Gasteiger charge is 2.34. The maximum absolute atomic E-state index is 12.2. The maximum atomic E-state index is 12.2. The van der Waals surface area contributed by atoms with Crippen molar-refractivity contribution in [1.29, 1.82) is 0 Å². The van der Waals surface area contributed by atoms with Gasteiger partial charge in [0.15, 0.2) is 5.84 Å². The molecule has 0 saturated heterocycles. The minimum atomic E-state index is -4.72. The summed E-state index contributed by atoms with van der Waals surface area (Å²) in [6, 6.07) is 1.02. The number of carbonyl (C=O) groups is 1. The molecule has 0 saturated carbocycles. The van der Waals surface area contributed by atoms with E-state index in [1.165, 1.54) is 0 Å². The van der Waals surface area contributed by atoms with Gasteiger partial charge < -0.3 is 10.8 Å². The summed E-state index contributed by atoms with van der Waals surface area (Å²) in [6.07, 6.45) is -5.53. The predicted octanol–water partition coefficient (Wildman–Crippen LogP) is 0.879. The van der Waals surface area contributed by atoms with Crippen LogP contribution in [0.1, 0.15) is 11.5 Å². The average molecular weight is 234 g/mol. The number of rotatable bonds is 1. The van der Waals surface area contributed by atoms with E-state index in [1.54, 1.807) is 0 Å². The summed E-state index contributed by atoms with van der Waals surface area (Å²) in [5, 5.41) is 8.24. The van der Waals surface area contributed by atoms with E-state index in [0.29, 0.717) is 0 Å². The number of hydrogen-bond donors (Lipinski definition) is 2. The highest BCUT2D eigenvalue weighted by Crippen LogP contribution is 2.25. The Balaban J connectivity index is 3.13. The number of amidine groups is 1. The first-order chi connectivity index (χ1) is 7.30. The first kappa shape index (κ1) is 11.9. The van der Waals surface area contributed by atoms with Crippen molar-refractivity contribution in [2.75, 3.05) is 0 Å². The standard InChI is InChI=1S/C7H5F3N4O2/c8-7(9,10)5-12-2-1-3(13-5)4(11)14-6(15)16/h1-2H,(H2,11,14)(H,15,16). The fraction of sp³-hybridized carbons (Fsp3) is 0.143. The molecule has 3 N–H and O–H groups in total. The Kier molecular flexibility index (Phi) is 3.06. The van der Waals surface area contributed by atoms with E-state index in [-0.39, 0.29) is 0 Å². The quantitative estimate of drug-likeness (QED) is 0.554. The number of nitrogens with two attached hydrogens (primary N) is 1. The fourth-order valence-electron chi connectivity index (χ4n) is 0.798. The van der Waals surface area contributed by atoms with Gasteiger partial charge in [0.2, 0.25) is 5.82 Å². The van der Waals surface area contributed by atoms with E-state index >= 15 is 0 Å². The third kappa shape index (κ3) is 2.90. The molecular weight excluding hydrogens is 229 g/mol. The van der Waals surface area contributed by atoms with E-state index in [9.17, 15) is 18.0 Å². The molecule has 0 aromatic carbocycles. The molecule has 0 atom stereocenters. The lowest BCUT2D eigenvalue weighted by Crippen LogP contribution is -2.20. The second-order valence-electron chi connectivity index (χ2n) is 2.54. The molecule has 0 aliphatic heterocycles. The van der Waals surface area contributed by atoms with Crippen LogP contribution in [0.2, 0.25) is 0 Å². The Morgan fingerprint density at radius 3 is 2.62 bits per heavy atom. The van der Waals surface area contributed by atoms with E-state index in [0.717, 1.165) is 12.3 Å². The molecule has 1 heterocycles. The van der Waals surface area contributed by atoms with Crippen molar-refractivity contribution in [1.82, 2.24) is 9.97 Å². The van der Waals surface area contributed by atoms with Crippen LogP contribution in [0.15, 0.2) is 17.3 Å². The molecule has 0 unspecified atom stereocenters. The zero-order chi connectivity index (χ0) is 12.3. The Labute approximate surface area is 86.7 Å². The number of alkyl halides is 3. The third-order valence-corrected chi connectivity index (χ3v) is 1.39. The summed E-state index contributed by atoms with van der Waals surface area (Å²) in [4.78, 5) is 19.0. The van der Waals surface area contributed by atoms with E-state index in [4.69, 9.17) is 10.8 Å². The summed E-state index contributed by atoms with van der Waals surface area (Å²) in [5.74, 6) is -2.03. The Bertz CT molecular complexity index is 444. The van der Waals surface area contributed by atoms with Gasteiger partial charge in [-0.15, -0.1) is 0 Å². The predicted molar refractivity (Wildman–Crippen MR) is 45.8 cm³/mol. The topological polar surface area (TPSA) is 101 Å². The third-order valence-electron chi connectivity index (χ3n) is 1.39. The minimum Gasteiger partial charge on any atom is -0.463 e. The molecule has 0 aliphatic carbocycles. The van der Waals surface area contributed by atoms with Gasteiger partial charge in [-0.3, -0.25) is 0 Å². The molecule has 0 aliphatic rings.